The van der Waals surface area contributed by atoms with Gasteiger partial charge >= 0.3 is 11.9 Å². The van der Waals surface area contributed by atoms with Crippen molar-refractivity contribution in [1.29, 1.82) is 0 Å². The van der Waals surface area contributed by atoms with Crippen molar-refractivity contribution < 1.29 is 28.6 Å². The van der Waals surface area contributed by atoms with Gasteiger partial charge in [-0.3, -0.25) is 9.59 Å². The van der Waals surface area contributed by atoms with E-state index in [2.05, 4.69) is 6.92 Å². The SMILES string of the molecule is CCCCCCCCCCCCCCOc1ccc(C(=O)OCC(=O)N(C)CC(=O)OCC)s1. The van der Waals surface area contributed by atoms with Crippen LogP contribution in [0.5, 0.6) is 5.06 Å². The van der Waals surface area contributed by atoms with Crippen LogP contribution in [-0.4, -0.2) is 56.2 Å². The Kier molecular flexibility index (Phi) is 16.9. The smallest absolute Gasteiger partial charge is 0.348 e. The van der Waals surface area contributed by atoms with E-state index < -0.39 is 24.5 Å². The number of hydrogen-bond acceptors (Lipinski definition) is 7. The molecule has 0 saturated carbocycles. The molecule has 8 heteroatoms. The van der Waals surface area contributed by atoms with Gasteiger partial charge in [-0.1, -0.05) is 88.9 Å². The first-order valence-corrected chi connectivity index (χ1v) is 13.6. The van der Waals surface area contributed by atoms with Gasteiger partial charge in [0, 0.05) is 7.05 Å². The summed E-state index contributed by atoms with van der Waals surface area (Å²) < 4.78 is 15.6. The number of esters is 2. The quantitative estimate of drug-likeness (QED) is 0.162. The Morgan fingerprint density at radius 2 is 1.41 bits per heavy atom. The van der Waals surface area contributed by atoms with Crippen LogP contribution >= 0.6 is 11.3 Å². The molecule has 0 spiro atoms. The Bertz CT molecular complexity index is 705. The van der Waals surface area contributed by atoms with E-state index in [4.69, 9.17) is 14.2 Å². The Morgan fingerprint density at radius 3 is 2.00 bits per heavy atom. The van der Waals surface area contributed by atoms with E-state index in [9.17, 15) is 14.4 Å². The molecule has 1 aromatic rings. The molecular formula is C26H43NO6S. The second kappa shape index (κ2) is 19.2. The maximum absolute atomic E-state index is 12.2. The molecule has 0 radical (unpaired) electrons. The number of amides is 1. The van der Waals surface area contributed by atoms with E-state index in [-0.39, 0.29) is 13.2 Å². The van der Waals surface area contributed by atoms with Gasteiger partial charge in [0.25, 0.3) is 5.91 Å². The zero-order chi connectivity index (χ0) is 25.0. The Balaban J connectivity index is 2.09. The summed E-state index contributed by atoms with van der Waals surface area (Å²) in [5, 5.41) is 0.667. The van der Waals surface area contributed by atoms with Crippen LogP contribution in [-0.2, 0) is 19.1 Å². The van der Waals surface area contributed by atoms with Crippen LogP contribution in [0.2, 0.25) is 0 Å². The van der Waals surface area contributed by atoms with Gasteiger partial charge in [0.2, 0.25) is 0 Å². The van der Waals surface area contributed by atoms with E-state index >= 15 is 0 Å². The fourth-order valence-electron chi connectivity index (χ4n) is 3.42. The normalized spacial score (nSPS) is 10.7. The van der Waals surface area contributed by atoms with E-state index in [1.807, 2.05) is 0 Å². The highest BCUT2D eigenvalue weighted by atomic mass is 32.1. The van der Waals surface area contributed by atoms with Gasteiger partial charge in [-0.05, 0) is 25.5 Å². The molecule has 0 bridgehead atoms. The monoisotopic (exact) mass is 497 g/mol. The topological polar surface area (TPSA) is 82.1 Å². The summed E-state index contributed by atoms with van der Waals surface area (Å²) in [4.78, 5) is 37.1. The van der Waals surface area contributed by atoms with E-state index in [1.165, 1.54) is 87.5 Å². The first kappa shape index (κ1) is 29.9. The van der Waals surface area contributed by atoms with E-state index in [0.717, 1.165) is 12.8 Å². The minimum Gasteiger partial charge on any atom is -0.484 e. The van der Waals surface area contributed by atoms with Crippen LogP contribution in [0.15, 0.2) is 12.1 Å². The highest BCUT2D eigenvalue weighted by Gasteiger charge is 2.17. The van der Waals surface area contributed by atoms with Crippen molar-refractivity contribution in [3.05, 3.63) is 17.0 Å². The maximum Gasteiger partial charge on any atom is 0.348 e. The van der Waals surface area contributed by atoms with Crippen LogP contribution in [0.1, 0.15) is 101 Å². The van der Waals surface area contributed by atoms with Crippen molar-refractivity contribution in [2.45, 2.75) is 90.9 Å². The lowest BCUT2D eigenvalue weighted by Crippen LogP contribution is -2.36. The van der Waals surface area contributed by atoms with Gasteiger partial charge < -0.3 is 19.1 Å². The third kappa shape index (κ3) is 14.2. The van der Waals surface area contributed by atoms with E-state index in [1.54, 1.807) is 19.1 Å². The molecule has 194 valence electrons. The van der Waals surface area contributed by atoms with Gasteiger partial charge in [0.05, 0.1) is 13.2 Å². The highest BCUT2D eigenvalue weighted by molar-refractivity contribution is 7.15. The number of carbonyl (C=O) groups is 3. The summed E-state index contributed by atoms with van der Waals surface area (Å²) >= 11 is 1.21. The van der Waals surface area contributed by atoms with Crippen LogP contribution in [0.4, 0.5) is 0 Å². The van der Waals surface area contributed by atoms with Gasteiger partial charge in [0.15, 0.2) is 11.7 Å². The summed E-state index contributed by atoms with van der Waals surface area (Å²) in [5.74, 6) is -1.55. The molecule has 34 heavy (non-hydrogen) atoms. The molecule has 0 unspecified atom stereocenters. The Labute approximate surface area is 209 Å². The number of hydrogen-bond donors (Lipinski definition) is 0. The molecule has 0 saturated heterocycles. The summed E-state index contributed by atoms with van der Waals surface area (Å²) in [5.41, 5.74) is 0. The average molecular weight is 498 g/mol. The molecule has 0 aliphatic heterocycles. The zero-order valence-corrected chi connectivity index (χ0v) is 22.1. The van der Waals surface area contributed by atoms with Crippen molar-refractivity contribution >= 4 is 29.2 Å². The fourth-order valence-corrected chi connectivity index (χ4v) is 4.19. The minimum absolute atomic E-state index is 0.180. The first-order chi connectivity index (χ1) is 16.5. The summed E-state index contributed by atoms with van der Waals surface area (Å²) in [6.45, 7) is 4.21. The van der Waals surface area contributed by atoms with Crippen molar-refractivity contribution in [2.24, 2.45) is 0 Å². The van der Waals surface area contributed by atoms with Gasteiger partial charge in [-0.15, -0.1) is 0 Å². The fraction of sp³-hybridized carbons (Fsp3) is 0.731. The third-order valence-electron chi connectivity index (χ3n) is 5.45. The number of thiophene rings is 1. The molecule has 0 aliphatic carbocycles. The molecule has 0 aliphatic rings. The molecule has 0 fully saturated rings. The molecule has 7 nitrogen and oxygen atoms in total. The lowest BCUT2D eigenvalue weighted by atomic mass is 10.1. The van der Waals surface area contributed by atoms with Gasteiger partial charge in [0.1, 0.15) is 11.4 Å². The van der Waals surface area contributed by atoms with Gasteiger partial charge in [-0.2, -0.15) is 0 Å². The van der Waals surface area contributed by atoms with Crippen molar-refractivity contribution in [1.82, 2.24) is 4.90 Å². The average Bonchev–Trinajstić information content (AvgIpc) is 3.29. The molecule has 0 atom stereocenters. The number of carbonyl (C=O) groups excluding carboxylic acids is 3. The molecule has 1 amide bonds. The summed E-state index contributed by atoms with van der Waals surface area (Å²) in [7, 11) is 1.46. The number of unbranched alkanes of at least 4 members (excludes halogenated alkanes) is 11. The molecule has 1 heterocycles. The zero-order valence-electron chi connectivity index (χ0n) is 21.3. The van der Waals surface area contributed by atoms with Crippen molar-refractivity contribution in [3.8, 4) is 5.06 Å². The largest absolute Gasteiger partial charge is 0.484 e. The number of likely N-dealkylation sites (N-methyl/N-ethyl adjacent to an activating group) is 1. The van der Waals surface area contributed by atoms with Crippen LogP contribution in [0.3, 0.4) is 0 Å². The van der Waals surface area contributed by atoms with E-state index in [0.29, 0.717) is 16.5 Å². The third-order valence-corrected chi connectivity index (χ3v) is 6.43. The standard InChI is InChI=1S/C26H43NO6S/c1-4-6-7-8-9-10-11-12-13-14-15-16-19-32-25-18-17-22(34-25)26(30)33-21-23(28)27(3)20-24(29)31-5-2/h17-18H,4-16,19-21H2,1-3H3. The highest BCUT2D eigenvalue weighted by Crippen LogP contribution is 2.25. The second-order valence-corrected chi connectivity index (χ2v) is 9.53. The Hall–Kier alpha value is -2.09. The number of ether oxygens (including phenoxy) is 3. The predicted molar refractivity (Wildman–Crippen MR) is 135 cm³/mol. The van der Waals surface area contributed by atoms with Crippen LogP contribution < -0.4 is 4.74 Å². The lowest BCUT2D eigenvalue weighted by molar-refractivity contribution is -0.148. The van der Waals surface area contributed by atoms with Crippen molar-refractivity contribution in [2.75, 3.05) is 33.4 Å². The second-order valence-electron chi connectivity index (χ2n) is 8.49. The molecular weight excluding hydrogens is 454 g/mol. The Morgan fingerprint density at radius 1 is 0.824 bits per heavy atom. The molecule has 0 N–H and O–H groups in total. The van der Waals surface area contributed by atoms with Crippen LogP contribution in [0, 0.1) is 0 Å². The summed E-state index contributed by atoms with van der Waals surface area (Å²) in [6, 6.07) is 3.38. The maximum atomic E-state index is 12.2. The molecule has 1 aromatic heterocycles. The van der Waals surface area contributed by atoms with Crippen molar-refractivity contribution in [3.63, 3.8) is 0 Å². The minimum atomic E-state index is -0.580. The molecule has 0 aromatic carbocycles. The van der Waals surface area contributed by atoms with Crippen LogP contribution in [0.25, 0.3) is 0 Å². The molecule has 1 rings (SSSR count). The summed E-state index contributed by atoms with van der Waals surface area (Å²) in [6.07, 6.45) is 15.6. The lowest BCUT2D eigenvalue weighted by Gasteiger charge is -2.15. The predicted octanol–water partition coefficient (Wildman–Crippen LogP) is 6.01. The number of nitrogens with zero attached hydrogens (tertiary/aromatic N) is 1. The first-order valence-electron chi connectivity index (χ1n) is 12.8. The van der Waals surface area contributed by atoms with Gasteiger partial charge in [-0.25, -0.2) is 4.79 Å². The number of rotatable bonds is 20.